The van der Waals surface area contributed by atoms with Crippen molar-refractivity contribution >= 4 is 29.6 Å². The van der Waals surface area contributed by atoms with Crippen LogP contribution in [-0.2, 0) is 0 Å². The van der Waals surface area contributed by atoms with Crippen molar-refractivity contribution < 1.29 is 0 Å². The summed E-state index contributed by atoms with van der Waals surface area (Å²) in [6.45, 7) is 11.6. The Morgan fingerprint density at radius 2 is 1.47 bits per heavy atom. The summed E-state index contributed by atoms with van der Waals surface area (Å²) >= 11 is 12.6. The molecule has 19 heavy (non-hydrogen) atoms. The predicted molar refractivity (Wildman–Crippen MR) is 93.8 cm³/mol. The molecule has 3 unspecified atom stereocenters. The first-order valence-corrected chi connectivity index (χ1v) is 12.3. The zero-order chi connectivity index (χ0) is 14.8. The lowest BCUT2D eigenvalue weighted by atomic mass is 9.93. The van der Waals surface area contributed by atoms with Gasteiger partial charge < -0.3 is 0 Å². The van der Waals surface area contributed by atoms with Gasteiger partial charge in [0.25, 0.3) is 0 Å². The van der Waals surface area contributed by atoms with Crippen molar-refractivity contribution in [1.29, 1.82) is 0 Å². The number of hydrogen-bond donors (Lipinski definition) is 0. The maximum Gasteiger partial charge on any atom is 0.240 e. The maximum atomic E-state index is 6.28. The highest BCUT2D eigenvalue weighted by atomic mass is 35.7. The van der Waals surface area contributed by atoms with Crippen LogP contribution in [0.5, 0.6) is 0 Å². The van der Waals surface area contributed by atoms with Crippen LogP contribution in [0.15, 0.2) is 0 Å². The van der Waals surface area contributed by atoms with Gasteiger partial charge in [-0.1, -0.05) is 73.1 Å². The van der Waals surface area contributed by atoms with Crippen LogP contribution < -0.4 is 0 Å². The first kappa shape index (κ1) is 19.8. The Bertz CT molecular complexity index is 207. The van der Waals surface area contributed by atoms with Gasteiger partial charge in [-0.3, -0.25) is 0 Å². The molecule has 0 aliphatic carbocycles. The molecule has 0 aliphatic heterocycles. The van der Waals surface area contributed by atoms with Gasteiger partial charge in [-0.05, 0) is 29.7 Å². The molecule has 0 fully saturated rings. The summed E-state index contributed by atoms with van der Waals surface area (Å²) in [6, 6.07) is 0. The second-order valence-corrected chi connectivity index (χ2v) is 12.0. The van der Waals surface area contributed by atoms with Crippen LogP contribution in [0.2, 0.25) is 5.54 Å². The summed E-state index contributed by atoms with van der Waals surface area (Å²) in [7, 11) is -1.51. The fourth-order valence-corrected chi connectivity index (χ4v) is 5.04. The molecule has 0 N–H and O–H groups in total. The van der Waals surface area contributed by atoms with Crippen LogP contribution in [-0.4, -0.2) is 7.42 Å². The molecule has 0 radical (unpaired) electrons. The van der Waals surface area contributed by atoms with E-state index in [-0.39, 0.29) is 0 Å². The minimum atomic E-state index is -1.51. The van der Waals surface area contributed by atoms with E-state index in [0.29, 0.717) is 5.54 Å². The molecule has 0 nitrogen and oxygen atoms in total. The van der Waals surface area contributed by atoms with Crippen molar-refractivity contribution in [3.8, 4) is 0 Å². The van der Waals surface area contributed by atoms with Crippen molar-refractivity contribution in [2.75, 3.05) is 0 Å². The molecule has 0 spiro atoms. The Labute approximate surface area is 132 Å². The van der Waals surface area contributed by atoms with Crippen LogP contribution >= 0.6 is 22.2 Å². The third kappa shape index (κ3) is 11.2. The van der Waals surface area contributed by atoms with E-state index in [0.717, 1.165) is 17.8 Å². The van der Waals surface area contributed by atoms with Crippen molar-refractivity contribution in [3.63, 3.8) is 0 Å². The number of rotatable bonds is 11. The zero-order valence-corrected chi connectivity index (χ0v) is 16.3. The maximum absolute atomic E-state index is 6.28. The van der Waals surface area contributed by atoms with Gasteiger partial charge in [-0.15, -0.1) is 0 Å². The lowest BCUT2D eigenvalue weighted by molar-refractivity contribution is 0.404. The molecule has 3 heteroatoms. The van der Waals surface area contributed by atoms with Crippen LogP contribution in [0.3, 0.4) is 0 Å². The summed E-state index contributed by atoms with van der Waals surface area (Å²) < 4.78 is 0. The molecule has 0 aromatic rings. The second-order valence-electron chi connectivity index (χ2n) is 6.85. The van der Waals surface area contributed by atoms with Gasteiger partial charge in [0.1, 0.15) is 0 Å². The van der Waals surface area contributed by atoms with Gasteiger partial charge in [0.05, 0.1) is 0 Å². The van der Waals surface area contributed by atoms with E-state index in [2.05, 4.69) is 34.6 Å². The van der Waals surface area contributed by atoms with E-state index >= 15 is 0 Å². The average Bonchev–Trinajstić information content (AvgIpc) is 2.33. The van der Waals surface area contributed by atoms with E-state index in [1.807, 2.05) is 0 Å². The Morgan fingerprint density at radius 3 is 1.95 bits per heavy atom. The van der Waals surface area contributed by atoms with Gasteiger partial charge in [-0.2, -0.15) is 22.2 Å². The zero-order valence-electron chi connectivity index (χ0n) is 13.6. The van der Waals surface area contributed by atoms with Crippen LogP contribution in [0, 0.1) is 17.8 Å². The average molecular weight is 325 g/mol. The highest BCUT2D eigenvalue weighted by molar-refractivity contribution is 7.34. The lowest BCUT2D eigenvalue weighted by Crippen LogP contribution is -2.12. The normalized spacial score (nSPS) is 16.9. The number of hydrogen-bond acceptors (Lipinski definition) is 0. The van der Waals surface area contributed by atoms with Crippen LogP contribution in [0.1, 0.15) is 79.6 Å². The highest BCUT2D eigenvalue weighted by Crippen LogP contribution is 2.33. The summed E-state index contributed by atoms with van der Waals surface area (Å²) in [5.41, 5.74) is 0.617. The van der Waals surface area contributed by atoms with E-state index in [1.54, 1.807) is 0 Å². The monoisotopic (exact) mass is 324 g/mol. The van der Waals surface area contributed by atoms with Gasteiger partial charge in [0.2, 0.25) is 7.42 Å². The SMILES string of the molecule is CCC(C)CC(CCC(C)CCCC(C)C)[SiH](Cl)Cl. The molecule has 0 saturated heterocycles. The molecular formula is C16H34Cl2Si. The molecule has 3 atom stereocenters. The fourth-order valence-electron chi connectivity index (χ4n) is 2.55. The summed E-state index contributed by atoms with van der Waals surface area (Å²) in [5.74, 6) is 2.45. The van der Waals surface area contributed by atoms with Crippen LogP contribution in [0.25, 0.3) is 0 Å². The van der Waals surface area contributed by atoms with E-state index < -0.39 is 7.42 Å². The molecule has 0 rings (SSSR count). The second kappa shape index (κ2) is 11.5. The topological polar surface area (TPSA) is 0 Å². The molecule has 0 heterocycles. The summed E-state index contributed by atoms with van der Waals surface area (Å²) in [5, 5.41) is 0. The molecule has 0 aromatic heterocycles. The minimum Gasteiger partial charge on any atom is -0.150 e. The van der Waals surface area contributed by atoms with Crippen molar-refractivity contribution in [2.24, 2.45) is 17.8 Å². The third-order valence-corrected chi connectivity index (χ3v) is 7.72. The molecule has 0 saturated carbocycles. The van der Waals surface area contributed by atoms with Gasteiger partial charge in [0, 0.05) is 0 Å². The quantitative estimate of drug-likeness (QED) is 0.292. The van der Waals surface area contributed by atoms with Crippen LogP contribution in [0.4, 0.5) is 0 Å². The molecule has 0 amide bonds. The molecular weight excluding hydrogens is 291 g/mol. The Morgan fingerprint density at radius 1 is 0.842 bits per heavy atom. The standard InChI is InChI=1S/C16H34Cl2Si/c1-6-14(4)12-16(19(17)18)11-10-15(5)9-7-8-13(2)3/h13-16,19H,6-12H2,1-5H3. The predicted octanol–water partition coefficient (Wildman–Crippen LogP) is 6.73. The highest BCUT2D eigenvalue weighted by Gasteiger charge is 2.21. The molecule has 0 bridgehead atoms. The van der Waals surface area contributed by atoms with E-state index in [4.69, 9.17) is 22.2 Å². The van der Waals surface area contributed by atoms with E-state index in [9.17, 15) is 0 Å². The molecule has 0 aliphatic rings. The first-order chi connectivity index (χ1) is 8.86. The van der Waals surface area contributed by atoms with Gasteiger partial charge >= 0.3 is 0 Å². The fraction of sp³-hybridized carbons (Fsp3) is 1.00. The summed E-state index contributed by atoms with van der Waals surface area (Å²) in [4.78, 5) is 0. The van der Waals surface area contributed by atoms with E-state index in [1.165, 1.54) is 44.9 Å². The van der Waals surface area contributed by atoms with Crippen molar-refractivity contribution in [2.45, 2.75) is 85.1 Å². The summed E-state index contributed by atoms with van der Waals surface area (Å²) in [6.07, 6.45) is 9.14. The third-order valence-electron chi connectivity index (χ3n) is 4.27. The smallest absolute Gasteiger partial charge is 0.150 e. The Kier molecular flexibility index (Phi) is 11.9. The first-order valence-electron chi connectivity index (χ1n) is 8.14. The Hall–Kier alpha value is 0.797. The van der Waals surface area contributed by atoms with Crippen molar-refractivity contribution in [3.05, 3.63) is 0 Å². The van der Waals surface area contributed by atoms with Crippen molar-refractivity contribution in [1.82, 2.24) is 0 Å². The van der Waals surface area contributed by atoms with Gasteiger partial charge in [0.15, 0.2) is 0 Å². The number of halogens is 2. The minimum absolute atomic E-state index is 0.617. The lowest BCUT2D eigenvalue weighted by Gasteiger charge is -2.22. The Balaban J connectivity index is 3.90. The molecule has 0 aromatic carbocycles. The largest absolute Gasteiger partial charge is 0.240 e. The van der Waals surface area contributed by atoms with Gasteiger partial charge in [-0.25, -0.2) is 0 Å². The molecule has 116 valence electrons.